The molecule has 0 aliphatic carbocycles. The summed E-state index contributed by atoms with van der Waals surface area (Å²) >= 11 is 0. The Morgan fingerprint density at radius 3 is 2.30 bits per heavy atom. The molecule has 0 saturated carbocycles. The molecule has 2 atom stereocenters. The molecule has 0 saturated heterocycles. The molecule has 2 heteroatoms. The van der Waals surface area contributed by atoms with Crippen LogP contribution in [0.5, 0.6) is 0 Å². The maximum atomic E-state index is 12.6. The van der Waals surface area contributed by atoms with Gasteiger partial charge in [0.05, 0.1) is 6.04 Å². The quantitative estimate of drug-likeness (QED) is 0.694. The number of benzene rings is 1. The van der Waals surface area contributed by atoms with Gasteiger partial charge in [-0.2, -0.15) is 0 Å². The van der Waals surface area contributed by atoms with Crippen LogP contribution in [0, 0.1) is 19.8 Å². The third kappa shape index (κ3) is 4.17. The van der Waals surface area contributed by atoms with Crippen molar-refractivity contribution in [2.75, 3.05) is 13.1 Å². The molecule has 0 N–H and O–H groups in total. The third-order valence-electron chi connectivity index (χ3n) is 4.37. The maximum absolute atomic E-state index is 12.6. The number of Topliss-reactive ketones (excluding diaryl/α,β-unsaturated/α-hetero) is 1. The molecule has 0 aromatic heterocycles. The molecule has 0 spiro atoms. The third-order valence-corrected chi connectivity index (χ3v) is 4.37. The summed E-state index contributed by atoms with van der Waals surface area (Å²) in [6.07, 6.45) is 1.15. The average molecular weight is 275 g/mol. The highest BCUT2D eigenvalue weighted by Gasteiger charge is 2.22. The first-order valence-corrected chi connectivity index (χ1v) is 7.76. The second-order valence-electron chi connectivity index (χ2n) is 5.94. The minimum atomic E-state index is -0.0453. The van der Waals surface area contributed by atoms with Crippen LogP contribution in [0.1, 0.15) is 55.6 Å². The lowest BCUT2D eigenvalue weighted by molar-refractivity contribution is 0.0824. The van der Waals surface area contributed by atoms with Crippen LogP contribution in [0.3, 0.4) is 0 Å². The van der Waals surface area contributed by atoms with Gasteiger partial charge in [-0.1, -0.05) is 39.3 Å². The molecule has 2 unspecified atom stereocenters. The summed E-state index contributed by atoms with van der Waals surface area (Å²) in [6.45, 7) is 14.7. The SMILES string of the molecule is CCC(C)CN(CC)C(C)C(=O)c1ccc(C)c(C)c1. The van der Waals surface area contributed by atoms with E-state index in [9.17, 15) is 4.79 Å². The molecule has 1 aromatic rings. The maximum Gasteiger partial charge on any atom is 0.179 e. The molecule has 0 fully saturated rings. The van der Waals surface area contributed by atoms with Crippen LogP contribution in [-0.4, -0.2) is 29.8 Å². The van der Waals surface area contributed by atoms with Crippen molar-refractivity contribution < 1.29 is 4.79 Å². The highest BCUT2D eigenvalue weighted by molar-refractivity contribution is 6.00. The first-order chi connectivity index (χ1) is 9.40. The Balaban J connectivity index is 2.85. The topological polar surface area (TPSA) is 20.3 Å². The molecule has 0 heterocycles. The Morgan fingerprint density at radius 2 is 1.80 bits per heavy atom. The van der Waals surface area contributed by atoms with Gasteiger partial charge in [0.25, 0.3) is 0 Å². The van der Waals surface area contributed by atoms with E-state index in [1.807, 2.05) is 25.1 Å². The number of likely N-dealkylation sites (N-methyl/N-ethyl adjacent to an activating group) is 1. The second-order valence-corrected chi connectivity index (χ2v) is 5.94. The van der Waals surface area contributed by atoms with Crippen LogP contribution in [-0.2, 0) is 0 Å². The lowest BCUT2D eigenvalue weighted by Crippen LogP contribution is -2.41. The molecule has 0 amide bonds. The summed E-state index contributed by atoms with van der Waals surface area (Å²) in [4.78, 5) is 14.9. The molecular weight excluding hydrogens is 246 g/mol. The van der Waals surface area contributed by atoms with Gasteiger partial charge in [0.15, 0.2) is 5.78 Å². The van der Waals surface area contributed by atoms with Crippen LogP contribution in [0.25, 0.3) is 0 Å². The minimum Gasteiger partial charge on any atom is -0.294 e. The predicted molar refractivity (Wildman–Crippen MR) is 86.4 cm³/mol. The smallest absolute Gasteiger partial charge is 0.179 e. The summed E-state index contributed by atoms with van der Waals surface area (Å²) in [5.41, 5.74) is 3.26. The molecule has 1 rings (SSSR count). The van der Waals surface area contributed by atoms with Crippen molar-refractivity contribution in [2.24, 2.45) is 5.92 Å². The minimum absolute atomic E-state index is 0.0453. The number of ketones is 1. The van der Waals surface area contributed by atoms with Gasteiger partial charge in [0.2, 0.25) is 0 Å². The van der Waals surface area contributed by atoms with Crippen LogP contribution >= 0.6 is 0 Å². The Kier molecular flexibility index (Phi) is 6.41. The molecule has 0 aliphatic heterocycles. The Morgan fingerprint density at radius 1 is 1.15 bits per heavy atom. The van der Waals surface area contributed by atoms with Gasteiger partial charge in [-0.3, -0.25) is 9.69 Å². The van der Waals surface area contributed by atoms with Crippen molar-refractivity contribution in [1.29, 1.82) is 0 Å². The molecule has 0 aliphatic rings. The van der Waals surface area contributed by atoms with Gasteiger partial charge in [0, 0.05) is 12.1 Å². The van der Waals surface area contributed by atoms with Gasteiger partial charge in [-0.05, 0) is 50.4 Å². The Hall–Kier alpha value is -1.15. The van der Waals surface area contributed by atoms with E-state index in [0.29, 0.717) is 5.92 Å². The van der Waals surface area contributed by atoms with Crippen LogP contribution in [0.2, 0.25) is 0 Å². The zero-order chi connectivity index (χ0) is 15.3. The Labute approximate surface area is 124 Å². The van der Waals surface area contributed by atoms with E-state index in [4.69, 9.17) is 0 Å². The molecule has 0 radical (unpaired) electrons. The highest BCUT2D eigenvalue weighted by atomic mass is 16.1. The van der Waals surface area contributed by atoms with Crippen molar-refractivity contribution in [3.63, 3.8) is 0 Å². The van der Waals surface area contributed by atoms with Crippen molar-refractivity contribution in [3.8, 4) is 0 Å². The fraction of sp³-hybridized carbons (Fsp3) is 0.611. The zero-order valence-electron chi connectivity index (χ0n) is 13.9. The number of carbonyl (C=O) groups excluding carboxylic acids is 1. The van der Waals surface area contributed by atoms with Gasteiger partial charge >= 0.3 is 0 Å². The van der Waals surface area contributed by atoms with Crippen LogP contribution < -0.4 is 0 Å². The standard InChI is InChI=1S/C18H29NO/c1-7-13(3)12-19(8-2)16(6)18(20)17-10-9-14(4)15(5)11-17/h9-11,13,16H,7-8,12H2,1-6H3. The van der Waals surface area contributed by atoms with Crippen LogP contribution in [0.4, 0.5) is 0 Å². The number of hydrogen-bond acceptors (Lipinski definition) is 2. The van der Waals surface area contributed by atoms with E-state index in [0.717, 1.165) is 25.1 Å². The molecule has 1 aromatic carbocycles. The lowest BCUT2D eigenvalue weighted by Gasteiger charge is -2.29. The van der Waals surface area contributed by atoms with Crippen molar-refractivity contribution in [2.45, 2.75) is 54.0 Å². The normalized spacial score (nSPS) is 14.3. The van der Waals surface area contributed by atoms with E-state index in [1.54, 1.807) is 0 Å². The van der Waals surface area contributed by atoms with Crippen molar-refractivity contribution in [3.05, 3.63) is 34.9 Å². The highest BCUT2D eigenvalue weighted by Crippen LogP contribution is 2.15. The van der Waals surface area contributed by atoms with E-state index in [2.05, 4.69) is 39.5 Å². The fourth-order valence-corrected chi connectivity index (χ4v) is 2.39. The van der Waals surface area contributed by atoms with E-state index in [-0.39, 0.29) is 11.8 Å². The van der Waals surface area contributed by atoms with E-state index >= 15 is 0 Å². The van der Waals surface area contributed by atoms with E-state index in [1.165, 1.54) is 11.1 Å². The first kappa shape index (κ1) is 16.9. The number of nitrogens with zero attached hydrogens (tertiary/aromatic N) is 1. The first-order valence-electron chi connectivity index (χ1n) is 7.76. The molecule has 20 heavy (non-hydrogen) atoms. The molecule has 0 bridgehead atoms. The van der Waals surface area contributed by atoms with Crippen LogP contribution in [0.15, 0.2) is 18.2 Å². The fourth-order valence-electron chi connectivity index (χ4n) is 2.39. The monoisotopic (exact) mass is 275 g/mol. The Bertz CT molecular complexity index is 453. The number of hydrogen-bond donors (Lipinski definition) is 0. The van der Waals surface area contributed by atoms with E-state index < -0.39 is 0 Å². The van der Waals surface area contributed by atoms with Gasteiger partial charge in [0.1, 0.15) is 0 Å². The zero-order valence-corrected chi connectivity index (χ0v) is 13.9. The largest absolute Gasteiger partial charge is 0.294 e. The summed E-state index contributed by atoms with van der Waals surface area (Å²) in [5.74, 6) is 0.864. The molecule has 2 nitrogen and oxygen atoms in total. The molecule has 112 valence electrons. The lowest BCUT2D eigenvalue weighted by atomic mass is 9.98. The second kappa shape index (κ2) is 7.58. The predicted octanol–water partition coefficient (Wildman–Crippen LogP) is 4.24. The summed E-state index contributed by atoms with van der Waals surface area (Å²) in [5, 5.41) is 0. The van der Waals surface area contributed by atoms with Gasteiger partial charge in [-0.15, -0.1) is 0 Å². The van der Waals surface area contributed by atoms with Crippen molar-refractivity contribution in [1.82, 2.24) is 4.90 Å². The number of carbonyl (C=O) groups is 1. The average Bonchev–Trinajstić information content (AvgIpc) is 2.45. The summed E-state index contributed by atoms with van der Waals surface area (Å²) in [7, 11) is 0. The summed E-state index contributed by atoms with van der Waals surface area (Å²) < 4.78 is 0. The number of aryl methyl sites for hydroxylation is 2. The van der Waals surface area contributed by atoms with Gasteiger partial charge < -0.3 is 0 Å². The van der Waals surface area contributed by atoms with Crippen molar-refractivity contribution >= 4 is 5.78 Å². The number of rotatable bonds is 7. The molecular formula is C18H29NO. The summed E-state index contributed by atoms with van der Waals surface area (Å²) in [6, 6.07) is 5.97. The van der Waals surface area contributed by atoms with Gasteiger partial charge in [-0.25, -0.2) is 0 Å².